The Kier molecular flexibility index (Phi) is 2.92. The lowest BCUT2D eigenvalue weighted by molar-refractivity contribution is 0.101. The van der Waals surface area contributed by atoms with Crippen molar-refractivity contribution in [1.82, 2.24) is 9.55 Å². The molecule has 2 heterocycles. The molecule has 16 heavy (non-hydrogen) atoms. The minimum absolute atomic E-state index is 0.172. The fourth-order valence-corrected chi connectivity index (χ4v) is 1.55. The number of carbonyl (C=O) groups excluding carboxylic acids is 1. The van der Waals surface area contributed by atoms with Crippen LogP contribution >= 0.6 is 11.6 Å². The van der Waals surface area contributed by atoms with Crippen molar-refractivity contribution in [3.63, 3.8) is 0 Å². The Morgan fingerprint density at radius 1 is 1.50 bits per heavy atom. The van der Waals surface area contributed by atoms with Crippen LogP contribution in [-0.2, 0) is 7.05 Å². The number of amides is 1. The topological polar surface area (TPSA) is 46.9 Å². The van der Waals surface area contributed by atoms with Gasteiger partial charge in [-0.1, -0.05) is 11.6 Å². The molecule has 2 aromatic heterocycles. The molecule has 0 radical (unpaired) electrons. The number of aryl methyl sites for hydroxylation is 1. The Labute approximate surface area is 97.9 Å². The van der Waals surface area contributed by atoms with E-state index in [0.717, 1.165) is 0 Å². The van der Waals surface area contributed by atoms with Crippen LogP contribution in [0.3, 0.4) is 0 Å². The van der Waals surface area contributed by atoms with Gasteiger partial charge in [0.05, 0.1) is 0 Å². The number of hydrogen-bond donors (Lipinski definition) is 1. The Hall–Kier alpha value is -1.81. The van der Waals surface area contributed by atoms with Gasteiger partial charge in [0.25, 0.3) is 5.91 Å². The summed E-state index contributed by atoms with van der Waals surface area (Å²) in [5.41, 5.74) is 1.22. The minimum Gasteiger partial charge on any atom is -0.347 e. The summed E-state index contributed by atoms with van der Waals surface area (Å²) in [6.45, 7) is 0. The summed E-state index contributed by atoms with van der Waals surface area (Å²) in [4.78, 5) is 15.6. The summed E-state index contributed by atoms with van der Waals surface area (Å²) in [5.74, 6) is -0.172. The lowest BCUT2D eigenvalue weighted by atomic mass is 10.3. The molecule has 0 aromatic carbocycles. The van der Waals surface area contributed by atoms with E-state index in [-0.39, 0.29) is 5.91 Å². The highest BCUT2D eigenvalue weighted by molar-refractivity contribution is 6.29. The fourth-order valence-electron chi connectivity index (χ4n) is 1.37. The molecule has 0 aliphatic carbocycles. The van der Waals surface area contributed by atoms with E-state index < -0.39 is 0 Å². The maximum absolute atomic E-state index is 11.8. The second kappa shape index (κ2) is 4.37. The first kappa shape index (κ1) is 10.7. The molecule has 1 amide bonds. The Balaban J connectivity index is 2.17. The fraction of sp³-hybridized carbons (Fsp3) is 0.0909. The van der Waals surface area contributed by atoms with Crippen molar-refractivity contribution < 1.29 is 4.79 Å². The molecule has 2 aromatic rings. The maximum atomic E-state index is 11.8. The lowest BCUT2D eigenvalue weighted by Gasteiger charge is -2.05. The SMILES string of the molecule is Cn1cccc1C(=O)Nc1ccnc(Cl)c1. The average molecular weight is 236 g/mol. The molecular formula is C11H10ClN3O. The first-order valence-corrected chi connectivity index (χ1v) is 5.09. The standard InChI is InChI=1S/C11H10ClN3O/c1-15-6-2-3-9(15)11(16)14-8-4-5-13-10(12)7-8/h2-7H,1H3,(H,13,14,16). The summed E-state index contributed by atoms with van der Waals surface area (Å²) in [6, 6.07) is 6.85. The van der Waals surface area contributed by atoms with Crippen LogP contribution in [-0.4, -0.2) is 15.5 Å². The molecule has 0 aliphatic rings. The van der Waals surface area contributed by atoms with Gasteiger partial charge < -0.3 is 9.88 Å². The van der Waals surface area contributed by atoms with Crippen molar-refractivity contribution in [2.24, 2.45) is 7.05 Å². The Bertz CT molecular complexity index is 521. The third kappa shape index (κ3) is 2.23. The van der Waals surface area contributed by atoms with E-state index in [9.17, 15) is 4.79 Å². The second-order valence-corrected chi connectivity index (χ2v) is 3.71. The molecule has 0 spiro atoms. The summed E-state index contributed by atoms with van der Waals surface area (Å²) < 4.78 is 1.75. The lowest BCUT2D eigenvalue weighted by Crippen LogP contribution is -2.15. The van der Waals surface area contributed by atoms with Gasteiger partial charge in [-0.25, -0.2) is 4.98 Å². The molecule has 0 atom stereocenters. The van der Waals surface area contributed by atoms with Crippen LogP contribution < -0.4 is 5.32 Å². The Morgan fingerprint density at radius 2 is 2.31 bits per heavy atom. The zero-order chi connectivity index (χ0) is 11.5. The van der Waals surface area contributed by atoms with Gasteiger partial charge in [0.2, 0.25) is 0 Å². The van der Waals surface area contributed by atoms with Crippen molar-refractivity contribution >= 4 is 23.2 Å². The first-order chi connectivity index (χ1) is 7.66. The molecule has 82 valence electrons. The summed E-state index contributed by atoms with van der Waals surface area (Å²) in [5, 5.41) is 3.09. The van der Waals surface area contributed by atoms with E-state index in [0.29, 0.717) is 16.5 Å². The van der Waals surface area contributed by atoms with E-state index in [1.807, 2.05) is 19.3 Å². The van der Waals surface area contributed by atoms with Crippen molar-refractivity contribution in [3.05, 3.63) is 47.5 Å². The number of rotatable bonds is 2. The van der Waals surface area contributed by atoms with Crippen LogP contribution in [0.1, 0.15) is 10.5 Å². The zero-order valence-corrected chi connectivity index (χ0v) is 9.40. The highest BCUT2D eigenvalue weighted by Crippen LogP contribution is 2.13. The van der Waals surface area contributed by atoms with Crippen molar-refractivity contribution in [2.45, 2.75) is 0 Å². The van der Waals surface area contributed by atoms with Gasteiger partial charge >= 0.3 is 0 Å². The largest absolute Gasteiger partial charge is 0.347 e. The molecule has 1 N–H and O–H groups in total. The van der Waals surface area contributed by atoms with E-state index in [1.165, 1.54) is 0 Å². The van der Waals surface area contributed by atoms with Crippen LogP contribution in [0.5, 0.6) is 0 Å². The summed E-state index contributed by atoms with van der Waals surface area (Å²) >= 11 is 5.72. The third-order valence-corrected chi connectivity index (χ3v) is 2.37. The summed E-state index contributed by atoms with van der Waals surface area (Å²) in [7, 11) is 1.81. The molecule has 0 saturated carbocycles. The zero-order valence-electron chi connectivity index (χ0n) is 8.64. The van der Waals surface area contributed by atoms with Crippen LogP contribution in [0, 0.1) is 0 Å². The number of carbonyl (C=O) groups is 1. The van der Waals surface area contributed by atoms with E-state index in [4.69, 9.17) is 11.6 Å². The minimum atomic E-state index is -0.172. The molecule has 2 rings (SSSR count). The highest BCUT2D eigenvalue weighted by atomic mass is 35.5. The van der Waals surface area contributed by atoms with E-state index in [2.05, 4.69) is 10.3 Å². The number of aromatic nitrogens is 2. The Morgan fingerprint density at radius 3 is 2.94 bits per heavy atom. The number of hydrogen-bond acceptors (Lipinski definition) is 2. The number of pyridine rings is 1. The van der Waals surface area contributed by atoms with Gasteiger partial charge in [0.15, 0.2) is 0 Å². The highest BCUT2D eigenvalue weighted by Gasteiger charge is 2.08. The monoisotopic (exact) mass is 235 g/mol. The quantitative estimate of drug-likeness (QED) is 0.812. The number of nitrogens with zero attached hydrogens (tertiary/aromatic N) is 2. The second-order valence-electron chi connectivity index (χ2n) is 3.33. The van der Waals surface area contributed by atoms with Crippen molar-refractivity contribution in [2.75, 3.05) is 5.32 Å². The smallest absolute Gasteiger partial charge is 0.272 e. The van der Waals surface area contributed by atoms with Crippen LogP contribution in [0.4, 0.5) is 5.69 Å². The van der Waals surface area contributed by atoms with Crippen molar-refractivity contribution in [3.8, 4) is 0 Å². The predicted molar refractivity (Wildman–Crippen MR) is 62.6 cm³/mol. The maximum Gasteiger partial charge on any atom is 0.272 e. The molecule has 0 unspecified atom stereocenters. The van der Waals surface area contributed by atoms with Crippen LogP contribution in [0.15, 0.2) is 36.7 Å². The normalized spacial score (nSPS) is 10.1. The van der Waals surface area contributed by atoms with Gasteiger partial charge in [-0.3, -0.25) is 4.79 Å². The van der Waals surface area contributed by atoms with Crippen LogP contribution in [0.25, 0.3) is 0 Å². The van der Waals surface area contributed by atoms with Gasteiger partial charge in [0, 0.05) is 25.1 Å². The molecule has 0 saturated heterocycles. The van der Waals surface area contributed by atoms with E-state index >= 15 is 0 Å². The first-order valence-electron chi connectivity index (χ1n) is 4.71. The van der Waals surface area contributed by atoms with Gasteiger partial charge in [0.1, 0.15) is 10.8 Å². The van der Waals surface area contributed by atoms with Gasteiger partial charge in [-0.2, -0.15) is 0 Å². The number of anilines is 1. The molecule has 0 fully saturated rings. The molecule has 0 aliphatic heterocycles. The molecule has 5 heteroatoms. The van der Waals surface area contributed by atoms with Gasteiger partial charge in [-0.05, 0) is 24.3 Å². The van der Waals surface area contributed by atoms with E-state index in [1.54, 1.807) is 29.0 Å². The summed E-state index contributed by atoms with van der Waals surface area (Å²) in [6.07, 6.45) is 3.36. The molecule has 4 nitrogen and oxygen atoms in total. The number of halogens is 1. The number of nitrogens with one attached hydrogen (secondary N) is 1. The predicted octanol–water partition coefficient (Wildman–Crippen LogP) is 2.33. The van der Waals surface area contributed by atoms with Gasteiger partial charge in [-0.15, -0.1) is 0 Å². The third-order valence-electron chi connectivity index (χ3n) is 2.16. The average Bonchev–Trinajstić information content (AvgIpc) is 2.64. The molecule has 0 bridgehead atoms. The van der Waals surface area contributed by atoms with Crippen molar-refractivity contribution in [1.29, 1.82) is 0 Å². The molecular weight excluding hydrogens is 226 g/mol. The van der Waals surface area contributed by atoms with Crippen LogP contribution in [0.2, 0.25) is 5.15 Å².